The SMILES string of the molecule is CC1CCN(c2ccc(F)cc2)C(=O)C(CCO)N1. The van der Waals surface area contributed by atoms with Crippen LogP contribution in [0.5, 0.6) is 0 Å². The maximum Gasteiger partial charge on any atom is 0.244 e. The molecule has 1 aliphatic rings. The number of carbonyl (C=O) groups excluding carboxylic acids is 1. The molecule has 1 aromatic carbocycles. The lowest BCUT2D eigenvalue weighted by molar-refractivity contribution is -0.120. The monoisotopic (exact) mass is 266 g/mol. The first-order valence-corrected chi connectivity index (χ1v) is 6.55. The molecular formula is C14H19FN2O2. The summed E-state index contributed by atoms with van der Waals surface area (Å²) in [7, 11) is 0. The number of anilines is 1. The summed E-state index contributed by atoms with van der Waals surface area (Å²) in [4.78, 5) is 14.1. The number of amides is 1. The highest BCUT2D eigenvalue weighted by atomic mass is 19.1. The molecule has 0 spiro atoms. The number of hydrogen-bond acceptors (Lipinski definition) is 3. The minimum Gasteiger partial charge on any atom is -0.396 e. The fourth-order valence-corrected chi connectivity index (χ4v) is 2.33. The number of carbonyl (C=O) groups is 1. The third-order valence-electron chi connectivity index (χ3n) is 3.39. The third-order valence-corrected chi connectivity index (χ3v) is 3.39. The van der Waals surface area contributed by atoms with Crippen molar-refractivity contribution in [3.8, 4) is 0 Å². The predicted molar refractivity (Wildman–Crippen MR) is 71.5 cm³/mol. The Morgan fingerprint density at radius 2 is 2.11 bits per heavy atom. The van der Waals surface area contributed by atoms with Crippen LogP contribution in [0.15, 0.2) is 24.3 Å². The number of aliphatic hydroxyl groups is 1. The van der Waals surface area contributed by atoms with Gasteiger partial charge in [0.15, 0.2) is 0 Å². The molecule has 1 saturated heterocycles. The van der Waals surface area contributed by atoms with E-state index in [9.17, 15) is 9.18 Å². The molecule has 2 atom stereocenters. The Bertz CT molecular complexity index is 436. The van der Waals surface area contributed by atoms with Crippen LogP contribution in [0.25, 0.3) is 0 Å². The van der Waals surface area contributed by atoms with Crippen molar-refractivity contribution in [3.63, 3.8) is 0 Å². The van der Waals surface area contributed by atoms with Crippen molar-refractivity contribution < 1.29 is 14.3 Å². The summed E-state index contributed by atoms with van der Waals surface area (Å²) in [5.41, 5.74) is 0.699. The van der Waals surface area contributed by atoms with Crippen LogP contribution < -0.4 is 10.2 Å². The second-order valence-electron chi connectivity index (χ2n) is 4.89. The number of rotatable bonds is 3. The molecule has 1 fully saturated rings. The normalized spacial score (nSPS) is 24.4. The number of nitrogens with zero attached hydrogens (tertiary/aromatic N) is 1. The van der Waals surface area contributed by atoms with Gasteiger partial charge in [0.2, 0.25) is 5.91 Å². The predicted octanol–water partition coefficient (Wildman–Crippen LogP) is 1.29. The fraction of sp³-hybridized carbons (Fsp3) is 0.500. The van der Waals surface area contributed by atoms with Crippen molar-refractivity contribution in [1.29, 1.82) is 0 Å². The lowest BCUT2D eigenvalue weighted by Crippen LogP contribution is -2.45. The lowest BCUT2D eigenvalue weighted by Gasteiger charge is -2.24. The van der Waals surface area contributed by atoms with E-state index in [0.717, 1.165) is 6.42 Å². The average molecular weight is 266 g/mol. The van der Waals surface area contributed by atoms with E-state index in [0.29, 0.717) is 18.7 Å². The minimum absolute atomic E-state index is 0.0343. The Morgan fingerprint density at radius 3 is 2.74 bits per heavy atom. The van der Waals surface area contributed by atoms with Crippen LogP contribution in [0.1, 0.15) is 19.8 Å². The molecule has 1 aromatic rings. The first kappa shape index (κ1) is 14.0. The van der Waals surface area contributed by atoms with Crippen LogP contribution in [-0.4, -0.2) is 36.2 Å². The van der Waals surface area contributed by atoms with Gasteiger partial charge in [0.25, 0.3) is 0 Å². The molecule has 19 heavy (non-hydrogen) atoms. The van der Waals surface area contributed by atoms with Crippen molar-refractivity contribution in [2.45, 2.75) is 31.8 Å². The van der Waals surface area contributed by atoms with E-state index >= 15 is 0 Å². The molecule has 2 unspecified atom stereocenters. The van der Waals surface area contributed by atoms with E-state index in [4.69, 9.17) is 5.11 Å². The van der Waals surface area contributed by atoms with Gasteiger partial charge in [0.1, 0.15) is 5.82 Å². The van der Waals surface area contributed by atoms with Gasteiger partial charge in [0.05, 0.1) is 6.04 Å². The van der Waals surface area contributed by atoms with Crippen LogP contribution in [0, 0.1) is 5.82 Å². The van der Waals surface area contributed by atoms with Gasteiger partial charge in [0, 0.05) is 24.9 Å². The van der Waals surface area contributed by atoms with E-state index in [1.54, 1.807) is 17.0 Å². The number of aliphatic hydroxyl groups excluding tert-OH is 1. The van der Waals surface area contributed by atoms with Gasteiger partial charge in [-0.3, -0.25) is 4.79 Å². The molecule has 0 radical (unpaired) electrons. The van der Waals surface area contributed by atoms with Gasteiger partial charge in [-0.15, -0.1) is 0 Å². The van der Waals surface area contributed by atoms with E-state index in [2.05, 4.69) is 5.32 Å². The second-order valence-corrected chi connectivity index (χ2v) is 4.89. The smallest absolute Gasteiger partial charge is 0.244 e. The maximum absolute atomic E-state index is 12.9. The summed E-state index contributed by atoms with van der Waals surface area (Å²) < 4.78 is 12.9. The number of benzene rings is 1. The zero-order valence-electron chi connectivity index (χ0n) is 11.0. The molecule has 0 bridgehead atoms. The summed E-state index contributed by atoms with van der Waals surface area (Å²) in [6.45, 7) is 2.58. The van der Waals surface area contributed by atoms with Gasteiger partial charge in [-0.05, 0) is 44.0 Å². The van der Waals surface area contributed by atoms with Crippen molar-refractivity contribution in [1.82, 2.24) is 5.32 Å². The van der Waals surface area contributed by atoms with Crippen LogP contribution >= 0.6 is 0 Å². The molecule has 1 amide bonds. The Labute approximate surface area is 112 Å². The van der Waals surface area contributed by atoms with Gasteiger partial charge in [-0.2, -0.15) is 0 Å². The summed E-state index contributed by atoms with van der Waals surface area (Å²) in [6.07, 6.45) is 1.21. The number of hydrogen-bond donors (Lipinski definition) is 2. The van der Waals surface area contributed by atoms with Crippen LogP contribution in [0.4, 0.5) is 10.1 Å². The van der Waals surface area contributed by atoms with Gasteiger partial charge in [-0.1, -0.05) is 0 Å². The first-order valence-electron chi connectivity index (χ1n) is 6.55. The van der Waals surface area contributed by atoms with E-state index in [1.807, 2.05) is 6.92 Å². The summed E-state index contributed by atoms with van der Waals surface area (Å²) >= 11 is 0. The fourth-order valence-electron chi connectivity index (χ4n) is 2.33. The van der Waals surface area contributed by atoms with Crippen LogP contribution in [0.2, 0.25) is 0 Å². The Hall–Kier alpha value is -1.46. The van der Waals surface area contributed by atoms with Gasteiger partial charge in [-0.25, -0.2) is 4.39 Å². The highest BCUT2D eigenvalue weighted by molar-refractivity contribution is 5.97. The molecule has 0 aliphatic carbocycles. The van der Waals surface area contributed by atoms with Crippen molar-refractivity contribution in [2.24, 2.45) is 0 Å². The standard InChI is InChI=1S/C14H19FN2O2/c1-10-6-8-17(12-4-2-11(15)3-5-12)14(19)13(16-10)7-9-18/h2-5,10,13,16,18H,6-9H2,1H3. The first-order chi connectivity index (χ1) is 9.11. The molecule has 104 valence electrons. The van der Waals surface area contributed by atoms with Crippen LogP contribution in [0.3, 0.4) is 0 Å². The maximum atomic E-state index is 12.9. The zero-order valence-corrected chi connectivity index (χ0v) is 11.0. The molecule has 2 rings (SSSR count). The van der Waals surface area contributed by atoms with Crippen LogP contribution in [-0.2, 0) is 4.79 Å². The average Bonchev–Trinajstić information content (AvgIpc) is 2.52. The highest BCUT2D eigenvalue weighted by Crippen LogP contribution is 2.20. The summed E-state index contributed by atoms with van der Waals surface area (Å²) in [5.74, 6) is -0.380. The topological polar surface area (TPSA) is 52.6 Å². The molecular weight excluding hydrogens is 247 g/mol. The Morgan fingerprint density at radius 1 is 1.42 bits per heavy atom. The molecule has 2 N–H and O–H groups in total. The minimum atomic E-state index is -0.382. The summed E-state index contributed by atoms with van der Waals surface area (Å²) in [6, 6.07) is 5.76. The van der Waals surface area contributed by atoms with Crippen molar-refractivity contribution in [3.05, 3.63) is 30.1 Å². The molecule has 1 heterocycles. The lowest BCUT2D eigenvalue weighted by atomic mass is 10.1. The van der Waals surface area contributed by atoms with Crippen molar-refractivity contribution >= 4 is 11.6 Å². The molecule has 5 heteroatoms. The molecule has 0 aromatic heterocycles. The molecule has 0 saturated carbocycles. The van der Waals surface area contributed by atoms with Gasteiger partial charge >= 0.3 is 0 Å². The number of nitrogens with one attached hydrogen (secondary N) is 1. The van der Waals surface area contributed by atoms with E-state index < -0.39 is 0 Å². The van der Waals surface area contributed by atoms with E-state index in [1.165, 1.54) is 12.1 Å². The third kappa shape index (κ3) is 3.30. The Kier molecular flexibility index (Phi) is 4.50. The quantitative estimate of drug-likeness (QED) is 0.867. The summed E-state index contributed by atoms with van der Waals surface area (Å²) in [5, 5.41) is 12.3. The molecule has 4 nitrogen and oxygen atoms in total. The largest absolute Gasteiger partial charge is 0.396 e. The Balaban J connectivity index is 2.22. The second kappa shape index (κ2) is 6.12. The van der Waals surface area contributed by atoms with Crippen molar-refractivity contribution in [2.75, 3.05) is 18.1 Å². The zero-order chi connectivity index (χ0) is 13.8. The van der Waals surface area contributed by atoms with Gasteiger partial charge < -0.3 is 15.3 Å². The highest BCUT2D eigenvalue weighted by Gasteiger charge is 2.29. The van der Waals surface area contributed by atoms with E-state index in [-0.39, 0.29) is 30.4 Å². The number of halogens is 1. The molecule has 1 aliphatic heterocycles.